The maximum Gasteiger partial charge on any atom is 0.319 e. The number of nitrogens with one attached hydrogen (secondary N) is 2. The summed E-state index contributed by atoms with van der Waals surface area (Å²) in [6.45, 7) is 2.79. The number of urea groups is 1. The van der Waals surface area contributed by atoms with Crippen molar-refractivity contribution in [2.45, 2.75) is 25.3 Å². The molecule has 0 aliphatic carbocycles. The van der Waals surface area contributed by atoms with E-state index in [0.717, 1.165) is 37.4 Å². The van der Waals surface area contributed by atoms with E-state index in [2.05, 4.69) is 27.7 Å². The van der Waals surface area contributed by atoms with E-state index in [-0.39, 0.29) is 6.03 Å². The van der Waals surface area contributed by atoms with Crippen LogP contribution < -0.4 is 15.4 Å². The number of ether oxygens (including phenoxy) is 1. The highest BCUT2D eigenvalue weighted by atomic mass is 16.5. The van der Waals surface area contributed by atoms with Crippen molar-refractivity contribution in [1.29, 1.82) is 0 Å². The minimum atomic E-state index is -0.141. The summed E-state index contributed by atoms with van der Waals surface area (Å²) >= 11 is 0. The molecule has 138 valence electrons. The van der Waals surface area contributed by atoms with Crippen molar-refractivity contribution in [2.24, 2.45) is 0 Å². The predicted molar refractivity (Wildman–Crippen MR) is 105 cm³/mol. The average Bonchev–Trinajstić information content (AvgIpc) is 3.13. The highest BCUT2D eigenvalue weighted by Crippen LogP contribution is 2.18. The van der Waals surface area contributed by atoms with Gasteiger partial charge in [0.05, 0.1) is 7.11 Å². The summed E-state index contributed by atoms with van der Waals surface area (Å²) < 4.78 is 5.20. The van der Waals surface area contributed by atoms with E-state index < -0.39 is 0 Å². The summed E-state index contributed by atoms with van der Waals surface area (Å²) in [5.74, 6) is 0.890. The number of methoxy groups -OCH3 is 1. The van der Waals surface area contributed by atoms with E-state index in [1.807, 2.05) is 42.5 Å². The third-order valence-electron chi connectivity index (χ3n) is 4.88. The van der Waals surface area contributed by atoms with E-state index in [1.165, 1.54) is 12.0 Å². The molecule has 1 heterocycles. The first-order chi connectivity index (χ1) is 12.7. The van der Waals surface area contributed by atoms with Gasteiger partial charge in [0.25, 0.3) is 0 Å². The molecule has 2 N–H and O–H groups in total. The Morgan fingerprint density at radius 2 is 1.92 bits per heavy atom. The van der Waals surface area contributed by atoms with Crippen molar-refractivity contribution in [3.8, 4) is 5.75 Å². The molecule has 0 bridgehead atoms. The van der Waals surface area contributed by atoms with Gasteiger partial charge in [0.1, 0.15) is 5.75 Å². The Labute approximate surface area is 155 Å². The Balaban J connectivity index is 1.43. The van der Waals surface area contributed by atoms with E-state index in [4.69, 9.17) is 4.74 Å². The number of amides is 2. The van der Waals surface area contributed by atoms with Gasteiger partial charge in [0.2, 0.25) is 0 Å². The molecule has 1 aliphatic rings. The largest absolute Gasteiger partial charge is 0.497 e. The zero-order valence-electron chi connectivity index (χ0n) is 15.3. The maximum absolute atomic E-state index is 12.1. The molecule has 2 aromatic rings. The Bertz CT molecular complexity index is 688. The first-order valence-corrected chi connectivity index (χ1v) is 9.21. The molecule has 1 fully saturated rings. The van der Waals surface area contributed by atoms with Gasteiger partial charge in [-0.25, -0.2) is 4.79 Å². The molecule has 2 amide bonds. The lowest BCUT2D eigenvalue weighted by Gasteiger charge is -2.24. The molecule has 1 aliphatic heterocycles. The number of rotatable bonds is 7. The fraction of sp³-hybridized carbons (Fsp3) is 0.381. The van der Waals surface area contributed by atoms with Crippen LogP contribution in [0.2, 0.25) is 0 Å². The van der Waals surface area contributed by atoms with Gasteiger partial charge in [0.15, 0.2) is 0 Å². The van der Waals surface area contributed by atoms with Gasteiger partial charge in [-0.05, 0) is 55.6 Å². The van der Waals surface area contributed by atoms with Crippen LogP contribution in [0.25, 0.3) is 0 Å². The minimum absolute atomic E-state index is 0.141. The van der Waals surface area contributed by atoms with E-state index >= 15 is 0 Å². The molecule has 5 heteroatoms. The van der Waals surface area contributed by atoms with Crippen LogP contribution in [0.5, 0.6) is 5.75 Å². The molecule has 26 heavy (non-hydrogen) atoms. The molecule has 1 saturated heterocycles. The summed E-state index contributed by atoms with van der Waals surface area (Å²) in [5, 5.41) is 5.88. The normalized spacial score (nSPS) is 17.0. The minimum Gasteiger partial charge on any atom is -0.497 e. The van der Waals surface area contributed by atoms with Crippen LogP contribution in [-0.4, -0.2) is 43.7 Å². The summed E-state index contributed by atoms with van der Waals surface area (Å²) in [4.78, 5) is 14.5. The first-order valence-electron chi connectivity index (χ1n) is 9.21. The Morgan fingerprint density at radius 3 is 2.65 bits per heavy atom. The predicted octanol–water partition coefficient (Wildman–Crippen LogP) is 3.52. The third-order valence-corrected chi connectivity index (χ3v) is 4.88. The van der Waals surface area contributed by atoms with Gasteiger partial charge in [-0.2, -0.15) is 0 Å². The number of likely N-dealkylation sites (tertiary alicyclic amines) is 1. The van der Waals surface area contributed by atoms with Crippen LogP contribution in [0.3, 0.4) is 0 Å². The number of hydrogen-bond donors (Lipinski definition) is 2. The second kappa shape index (κ2) is 9.25. The van der Waals surface area contributed by atoms with Crippen LogP contribution in [0.15, 0.2) is 54.6 Å². The summed E-state index contributed by atoms with van der Waals surface area (Å²) in [6, 6.07) is 18.0. The number of carbonyl (C=O) groups is 1. The van der Waals surface area contributed by atoms with Gasteiger partial charge >= 0.3 is 6.03 Å². The summed E-state index contributed by atoms with van der Waals surface area (Å²) in [6.07, 6.45) is 3.33. The zero-order valence-corrected chi connectivity index (χ0v) is 15.3. The molecule has 2 aromatic carbocycles. The van der Waals surface area contributed by atoms with Crippen LogP contribution in [0.4, 0.5) is 10.5 Å². The standard InChI is InChI=1S/C21H27N3O2/c1-26-20-11-9-17(10-12-20)13-15-24-14-5-8-19(24)16-22-21(25)23-18-6-3-2-4-7-18/h2-4,6-7,9-12,19H,5,8,13-16H2,1H3,(H2,22,23,25)/t19-/m0/s1. The van der Waals surface area contributed by atoms with Crippen molar-refractivity contribution in [1.82, 2.24) is 10.2 Å². The molecule has 0 saturated carbocycles. The molecule has 0 aromatic heterocycles. The lowest BCUT2D eigenvalue weighted by molar-refractivity contribution is 0.234. The van der Waals surface area contributed by atoms with Crippen molar-refractivity contribution in [3.05, 3.63) is 60.2 Å². The Morgan fingerprint density at radius 1 is 1.15 bits per heavy atom. The van der Waals surface area contributed by atoms with Crippen LogP contribution in [0, 0.1) is 0 Å². The number of benzene rings is 2. The second-order valence-electron chi connectivity index (χ2n) is 6.63. The molecule has 5 nitrogen and oxygen atoms in total. The molecule has 0 radical (unpaired) electrons. The highest BCUT2D eigenvalue weighted by molar-refractivity contribution is 5.89. The summed E-state index contributed by atoms with van der Waals surface area (Å²) in [7, 11) is 1.69. The SMILES string of the molecule is COc1ccc(CCN2CCC[C@H]2CNC(=O)Nc2ccccc2)cc1. The van der Waals surface area contributed by atoms with Crippen LogP contribution in [-0.2, 0) is 6.42 Å². The lowest BCUT2D eigenvalue weighted by Crippen LogP contribution is -2.42. The highest BCUT2D eigenvalue weighted by Gasteiger charge is 2.24. The van der Waals surface area contributed by atoms with Crippen molar-refractivity contribution in [3.63, 3.8) is 0 Å². The quantitative estimate of drug-likeness (QED) is 0.801. The van der Waals surface area contributed by atoms with Crippen molar-refractivity contribution in [2.75, 3.05) is 32.1 Å². The van der Waals surface area contributed by atoms with Crippen LogP contribution >= 0.6 is 0 Å². The molecular weight excluding hydrogens is 326 g/mol. The fourth-order valence-corrected chi connectivity index (χ4v) is 3.39. The zero-order chi connectivity index (χ0) is 18.2. The third kappa shape index (κ3) is 5.23. The fourth-order valence-electron chi connectivity index (χ4n) is 3.39. The molecular formula is C21H27N3O2. The van der Waals surface area contributed by atoms with E-state index in [1.54, 1.807) is 7.11 Å². The molecule has 3 rings (SSSR count). The van der Waals surface area contributed by atoms with Crippen molar-refractivity contribution < 1.29 is 9.53 Å². The van der Waals surface area contributed by atoms with Gasteiger partial charge in [-0.15, -0.1) is 0 Å². The Hall–Kier alpha value is -2.53. The maximum atomic E-state index is 12.1. The monoisotopic (exact) mass is 353 g/mol. The number of anilines is 1. The number of carbonyl (C=O) groups excluding carboxylic acids is 1. The van der Waals surface area contributed by atoms with Crippen molar-refractivity contribution >= 4 is 11.7 Å². The second-order valence-corrected chi connectivity index (χ2v) is 6.63. The van der Waals surface area contributed by atoms with Gasteiger partial charge in [-0.3, -0.25) is 4.90 Å². The van der Waals surface area contributed by atoms with Gasteiger partial charge < -0.3 is 15.4 Å². The average molecular weight is 353 g/mol. The van der Waals surface area contributed by atoms with E-state index in [9.17, 15) is 4.79 Å². The smallest absolute Gasteiger partial charge is 0.319 e. The van der Waals surface area contributed by atoms with E-state index in [0.29, 0.717) is 12.6 Å². The number of para-hydroxylation sites is 1. The first kappa shape index (κ1) is 18.3. The number of hydrogen-bond acceptors (Lipinski definition) is 3. The topological polar surface area (TPSA) is 53.6 Å². The molecule has 0 unspecified atom stereocenters. The Kier molecular flexibility index (Phi) is 6.50. The van der Waals surface area contributed by atoms with Gasteiger partial charge in [-0.1, -0.05) is 30.3 Å². The van der Waals surface area contributed by atoms with Gasteiger partial charge in [0, 0.05) is 24.8 Å². The number of nitrogens with zero attached hydrogens (tertiary/aromatic N) is 1. The lowest BCUT2D eigenvalue weighted by atomic mass is 10.1. The molecule has 1 atom stereocenters. The van der Waals surface area contributed by atoms with Crippen LogP contribution in [0.1, 0.15) is 18.4 Å². The molecule has 0 spiro atoms. The summed E-state index contributed by atoms with van der Waals surface area (Å²) in [5.41, 5.74) is 2.12.